The molecule has 0 bridgehead atoms. The van der Waals surface area contributed by atoms with Gasteiger partial charge in [-0.1, -0.05) is 50.6 Å². The third kappa shape index (κ3) is 10.1. The molecule has 12 nitrogen and oxygen atoms in total. The molecular formula is C39H50N8O4. The smallest absolute Gasteiger partial charge is 0.320 e. The largest absolute Gasteiger partial charge is 0.492 e. The van der Waals surface area contributed by atoms with Gasteiger partial charge in [-0.05, 0) is 69.0 Å². The molecule has 2 aliphatic rings. The first-order valence-electron chi connectivity index (χ1n) is 17.8. The minimum Gasteiger partial charge on any atom is -0.492 e. The molecular weight excluding hydrogens is 644 g/mol. The number of morpholine rings is 1. The third-order valence-corrected chi connectivity index (χ3v) is 9.24. The van der Waals surface area contributed by atoms with Crippen molar-refractivity contribution in [2.75, 3.05) is 39.5 Å². The maximum atomic E-state index is 13.1. The number of amides is 2. The number of benzene rings is 2. The van der Waals surface area contributed by atoms with Crippen LogP contribution in [0.4, 0.5) is 10.5 Å². The lowest BCUT2D eigenvalue weighted by atomic mass is 9.92. The molecule has 0 atom stereocenters. The Bertz CT molecular complexity index is 1830. The Labute approximate surface area is 300 Å². The summed E-state index contributed by atoms with van der Waals surface area (Å²) in [6.45, 7) is 13.0. The van der Waals surface area contributed by atoms with Crippen LogP contribution < -0.4 is 25.8 Å². The minimum atomic E-state index is -0.305. The molecule has 2 aromatic carbocycles. The van der Waals surface area contributed by atoms with Gasteiger partial charge >= 0.3 is 6.03 Å². The van der Waals surface area contributed by atoms with Gasteiger partial charge < -0.3 is 25.3 Å². The summed E-state index contributed by atoms with van der Waals surface area (Å²) < 4.78 is 19.9. The average molecular weight is 695 g/mol. The number of carbonyl (C=O) groups is 1. The highest BCUT2D eigenvalue weighted by Crippen LogP contribution is 2.28. The van der Waals surface area contributed by atoms with E-state index in [2.05, 4.69) is 30.7 Å². The number of rotatable bonds is 10. The summed E-state index contributed by atoms with van der Waals surface area (Å²) in [6.07, 6.45) is 6.91. The number of pyridine rings is 1. The summed E-state index contributed by atoms with van der Waals surface area (Å²) in [4.78, 5) is 20.1. The van der Waals surface area contributed by atoms with E-state index < -0.39 is 0 Å². The number of nitrogens with one attached hydrogen (secondary N) is 2. The standard InChI is InChI=1S/C39H50N8O4/c1-27-8-10-29(11-9-27)41-35(25-34(40)39(2,3)4)43-38(48)42-30-12-14-31(15-13-30)51-33-16-17-36-44-45-37(47(36)26-33)28-6-5-7-32(24-28)50-23-20-46-18-21-49-22-19-46/h5-11,16-17,24-26,30-31H,12-15,18-23,40H2,1-4H3,(H2,41,42,43,48). The van der Waals surface area contributed by atoms with E-state index >= 15 is 0 Å². The van der Waals surface area contributed by atoms with Crippen molar-refractivity contribution in [3.05, 3.63) is 84.2 Å². The van der Waals surface area contributed by atoms with Crippen LogP contribution in [0, 0.1) is 12.3 Å². The van der Waals surface area contributed by atoms with Crippen molar-refractivity contribution in [1.29, 1.82) is 0 Å². The number of nitrogens with two attached hydrogens (primary N) is 1. The Kier molecular flexibility index (Phi) is 11.5. The number of hydrogen-bond acceptors (Lipinski definition) is 9. The Morgan fingerprint density at radius 2 is 1.78 bits per heavy atom. The number of amidine groups is 1. The molecule has 4 N–H and O–H groups in total. The first kappa shape index (κ1) is 35.9. The second kappa shape index (κ2) is 16.4. The van der Waals surface area contributed by atoms with Crippen molar-refractivity contribution in [2.24, 2.45) is 16.1 Å². The van der Waals surface area contributed by atoms with E-state index in [-0.39, 0.29) is 23.6 Å². The maximum absolute atomic E-state index is 13.1. The van der Waals surface area contributed by atoms with E-state index in [1.54, 1.807) is 6.08 Å². The predicted octanol–water partition coefficient (Wildman–Crippen LogP) is 6.02. The molecule has 12 heteroatoms. The summed E-state index contributed by atoms with van der Waals surface area (Å²) in [7, 11) is 0. The topological polar surface area (TPSA) is 141 Å². The summed E-state index contributed by atoms with van der Waals surface area (Å²) in [5.74, 6) is 2.66. The van der Waals surface area contributed by atoms with E-state index in [1.165, 1.54) is 0 Å². The molecule has 6 rings (SSSR count). The zero-order valence-corrected chi connectivity index (χ0v) is 30.1. The van der Waals surface area contributed by atoms with Crippen molar-refractivity contribution < 1.29 is 19.0 Å². The van der Waals surface area contributed by atoms with Gasteiger partial charge in [0, 0.05) is 48.4 Å². The predicted molar refractivity (Wildman–Crippen MR) is 200 cm³/mol. The highest BCUT2D eigenvalue weighted by atomic mass is 16.5. The van der Waals surface area contributed by atoms with Gasteiger partial charge in [-0.2, -0.15) is 0 Å². The summed E-state index contributed by atoms with van der Waals surface area (Å²) in [6, 6.07) is 19.3. The van der Waals surface area contributed by atoms with E-state index in [1.807, 2.05) is 99.0 Å². The number of ether oxygens (including phenoxy) is 3. The van der Waals surface area contributed by atoms with Crippen LogP contribution >= 0.6 is 0 Å². The Balaban J connectivity index is 1.03. The quantitative estimate of drug-likeness (QED) is 0.135. The maximum Gasteiger partial charge on any atom is 0.320 e. The number of aryl methyl sites for hydroxylation is 1. The molecule has 0 unspecified atom stereocenters. The second-order valence-corrected chi connectivity index (χ2v) is 14.3. The van der Waals surface area contributed by atoms with Crippen molar-refractivity contribution in [1.82, 2.24) is 30.1 Å². The van der Waals surface area contributed by atoms with E-state index in [0.29, 0.717) is 18.1 Å². The van der Waals surface area contributed by atoms with Gasteiger partial charge in [-0.3, -0.25) is 14.6 Å². The molecule has 51 heavy (non-hydrogen) atoms. The van der Waals surface area contributed by atoms with E-state index in [9.17, 15) is 4.79 Å². The Hall–Kier alpha value is -4.94. The van der Waals surface area contributed by atoms with Crippen LogP contribution in [0.1, 0.15) is 52.0 Å². The zero-order chi connectivity index (χ0) is 35.8. The number of carbonyl (C=O) groups excluding carboxylic acids is 1. The molecule has 1 saturated heterocycles. The van der Waals surface area contributed by atoms with Crippen molar-refractivity contribution in [2.45, 2.75) is 65.5 Å². The van der Waals surface area contributed by atoms with Crippen molar-refractivity contribution >= 4 is 23.2 Å². The Morgan fingerprint density at radius 3 is 2.53 bits per heavy atom. The minimum absolute atomic E-state index is 0.0183. The van der Waals surface area contributed by atoms with Gasteiger partial charge in [0.25, 0.3) is 0 Å². The number of allylic oxidation sites excluding steroid dienone is 1. The highest BCUT2D eigenvalue weighted by molar-refractivity contribution is 6.05. The number of urea groups is 1. The number of aromatic nitrogens is 3. The fraction of sp³-hybridized carbons (Fsp3) is 0.436. The number of aliphatic imine (C=N–C) groups is 1. The van der Waals surface area contributed by atoms with Crippen molar-refractivity contribution in [3.8, 4) is 22.9 Å². The first-order chi connectivity index (χ1) is 24.6. The van der Waals surface area contributed by atoms with Crippen LogP contribution in [0.5, 0.6) is 11.5 Å². The van der Waals surface area contributed by atoms with Crippen LogP contribution in [0.2, 0.25) is 0 Å². The molecule has 2 aromatic heterocycles. The van der Waals surface area contributed by atoms with Crippen LogP contribution in [0.3, 0.4) is 0 Å². The highest BCUT2D eigenvalue weighted by Gasteiger charge is 2.25. The molecule has 1 aliphatic heterocycles. The second-order valence-electron chi connectivity index (χ2n) is 14.3. The molecule has 1 aliphatic carbocycles. The van der Waals surface area contributed by atoms with E-state index in [4.69, 9.17) is 19.9 Å². The van der Waals surface area contributed by atoms with Gasteiger partial charge in [0.1, 0.15) is 23.9 Å². The number of nitrogens with zero attached hydrogens (tertiary/aromatic N) is 5. The fourth-order valence-corrected chi connectivity index (χ4v) is 6.05. The first-order valence-corrected chi connectivity index (χ1v) is 17.8. The van der Waals surface area contributed by atoms with Crippen LogP contribution in [0.15, 0.2) is 83.6 Å². The summed E-state index contributed by atoms with van der Waals surface area (Å²) in [5.41, 5.74) is 10.2. The number of hydrogen-bond donors (Lipinski definition) is 3. The molecule has 0 spiro atoms. The lowest BCUT2D eigenvalue weighted by Gasteiger charge is -2.29. The molecule has 270 valence electrons. The van der Waals surface area contributed by atoms with Gasteiger partial charge in [-0.25, -0.2) is 9.79 Å². The summed E-state index contributed by atoms with van der Waals surface area (Å²) in [5, 5.41) is 14.9. The normalized spacial score (nSPS) is 19.1. The van der Waals surface area contributed by atoms with Crippen LogP contribution in [-0.4, -0.2) is 83.0 Å². The lowest BCUT2D eigenvalue weighted by molar-refractivity contribution is 0.0322. The fourth-order valence-electron chi connectivity index (χ4n) is 6.05. The SMILES string of the molecule is Cc1ccc(N=C(C=C(N)C(C)(C)C)NC(=O)NC2CCC(Oc3ccc4nnc(-c5cccc(OCCN6CCOCC6)c5)n4c3)CC2)cc1. The molecule has 2 fully saturated rings. The Morgan fingerprint density at radius 1 is 1.02 bits per heavy atom. The molecule has 3 heterocycles. The van der Waals surface area contributed by atoms with E-state index in [0.717, 1.165) is 98.3 Å². The van der Waals surface area contributed by atoms with Crippen molar-refractivity contribution in [3.63, 3.8) is 0 Å². The van der Waals surface area contributed by atoms with Crippen LogP contribution in [-0.2, 0) is 4.74 Å². The zero-order valence-electron chi connectivity index (χ0n) is 30.1. The molecule has 1 saturated carbocycles. The number of fused-ring (bicyclic) bond motifs is 1. The summed E-state index contributed by atoms with van der Waals surface area (Å²) >= 11 is 0. The van der Waals surface area contributed by atoms with Gasteiger partial charge in [0.15, 0.2) is 11.5 Å². The molecule has 2 amide bonds. The van der Waals surface area contributed by atoms with Gasteiger partial charge in [-0.15, -0.1) is 10.2 Å². The lowest BCUT2D eigenvalue weighted by Crippen LogP contribution is -2.46. The monoisotopic (exact) mass is 694 g/mol. The molecule has 4 aromatic rings. The third-order valence-electron chi connectivity index (χ3n) is 9.24. The molecule has 0 radical (unpaired) electrons. The van der Waals surface area contributed by atoms with Gasteiger partial charge in [0.2, 0.25) is 0 Å². The van der Waals surface area contributed by atoms with Crippen LogP contribution in [0.25, 0.3) is 17.0 Å². The average Bonchev–Trinajstić information content (AvgIpc) is 3.54. The van der Waals surface area contributed by atoms with Gasteiger partial charge in [0.05, 0.1) is 31.2 Å².